The van der Waals surface area contributed by atoms with E-state index in [1.165, 1.54) is 29.7 Å². The number of amides is 1. The van der Waals surface area contributed by atoms with Gasteiger partial charge in [0.1, 0.15) is 10.8 Å². The van der Waals surface area contributed by atoms with Gasteiger partial charge in [-0.2, -0.15) is 4.37 Å². The number of carbonyl (C=O) groups is 1. The highest BCUT2D eigenvalue weighted by molar-refractivity contribution is 7.10. The van der Waals surface area contributed by atoms with Crippen LogP contribution in [0.3, 0.4) is 0 Å². The smallest absolute Gasteiger partial charge is 0.256 e. The van der Waals surface area contributed by atoms with Crippen LogP contribution in [0.2, 0.25) is 0 Å². The average molecular weight is 298 g/mol. The number of halogens is 1. The minimum absolute atomic E-state index is 0.282. The molecule has 1 N–H and O–H groups in total. The fourth-order valence-corrected chi connectivity index (χ4v) is 2.55. The Morgan fingerprint density at radius 2 is 1.86 bits per heavy atom. The lowest BCUT2D eigenvalue weighted by molar-refractivity contribution is 0.102. The van der Waals surface area contributed by atoms with Gasteiger partial charge in [-0.05, 0) is 29.7 Å². The van der Waals surface area contributed by atoms with E-state index in [0.29, 0.717) is 5.00 Å². The van der Waals surface area contributed by atoms with Gasteiger partial charge in [0.05, 0.1) is 5.69 Å². The van der Waals surface area contributed by atoms with Crippen LogP contribution >= 0.6 is 11.5 Å². The van der Waals surface area contributed by atoms with Crippen molar-refractivity contribution in [2.75, 3.05) is 5.32 Å². The summed E-state index contributed by atoms with van der Waals surface area (Å²) in [6, 6.07) is 17.1. The van der Waals surface area contributed by atoms with Crippen LogP contribution in [-0.4, -0.2) is 10.3 Å². The number of nitrogens with one attached hydrogen (secondary N) is 1. The summed E-state index contributed by atoms with van der Waals surface area (Å²) in [7, 11) is 0. The minimum Gasteiger partial charge on any atom is -0.312 e. The Morgan fingerprint density at radius 1 is 1.05 bits per heavy atom. The van der Waals surface area contributed by atoms with Crippen LogP contribution in [0.25, 0.3) is 11.3 Å². The minimum atomic E-state index is -0.433. The van der Waals surface area contributed by atoms with Gasteiger partial charge >= 0.3 is 0 Å². The van der Waals surface area contributed by atoms with Crippen LogP contribution in [-0.2, 0) is 0 Å². The maximum atomic E-state index is 13.1. The fraction of sp³-hybridized carbons (Fsp3) is 0. The third-order valence-electron chi connectivity index (χ3n) is 2.90. The van der Waals surface area contributed by atoms with E-state index in [1.807, 2.05) is 30.3 Å². The summed E-state index contributed by atoms with van der Waals surface area (Å²) in [5.74, 6) is -0.783. The molecule has 3 rings (SSSR count). The van der Waals surface area contributed by atoms with Gasteiger partial charge in [-0.15, -0.1) is 0 Å². The highest BCUT2D eigenvalue weighted by Gasteiger charge is 2.10. The maximum Gasteiger partial charge on any atom is 0.256 e. The fourth-order valence-electron chi connectivity index (χ4n) is 1.89. The summed E-state index contributed by atoms with van der Waals surface area (Å²) in [5.41, 5.74) is 2.07. The molecule has 1 aromatic heterocycles. The standard InChI is InChI=1S/C16H11FN2OS/c17-13-8-4-7-12(9-13)16(20)18-15-10-14(19-21-15)11-5-2-1-3-6-11/h1-10H,(H,18,20). The summed E-state index contributed by atoms with van der Waals surface area (Å²) in [5, 5.41) is 3.35. The lowest BCUT2D eigenvalue weighted by Gasteiger charge is -2.01. The quantitative estimate of drug-likeness (QED) is 0.787. The van der Waals surface area contributed by atoms with Crippen molar-refractivity contribution in [1.29, 1.82) is 0 Å². The van der Waals surface area contributed by atoms with Crippen LogP contribution in [0.1, 0.15) is 10.4 Å². The molecule has 104 valence electrons. The lowest BCUT2D eigenvalue weighted by Crippen LogP contribution is -2.10. The number of anilines is 1. The van der Waals surface area contributed by atoms with Crippen molar-refractivity contribution in [2.45, 2.75) is 0 Å². The van der Waals surface area contributed by atoms with Crippen molar-refractivity contribution in [3.8, 4) is 11.3 Å². The second-order valence-electron chi connectivity index (χ2n) is 4.41. The van der Waals surface area contributed by atoms with E-state index in [9.17, 15) is 9.18 Å². The molecule has 0 aliphatic carbocycles. The first kappa shape index (κ1) is 13.5. The molecular formula is C16H11FN2OS. The number of nitrogens with zero attached hydrogens (tertiary/aromatic N) is 1. The Hall–Kier alpha value is -2.53. The number of benzene rings is 2. The second-order valence-corrected chi connectivity index (χ2v) is 5.21. The van der Waals surface area contributed by atoms with Crippen LogP contribution in [0.5, 0.6) is 0 Å². The molecular weight excluding hydrogens is 287 g/mol. The Morgan fingerprint density at radius 3 is 2.62 bits per heavy atom. The van der Waals surface area contributed by atoms with E-state index in [2.05, 4.69) is 9.69 Å². The van der Waals surface area contributed by atoms with E-state index in [-0.39, 0.29) is 11.5 Å². The summed E-state index contributed by atoms with van der Waals surface area (Å²) < 4.78 is 17.4. The number of hydrogen-bond donors (Lipinski definition) is 1. The molecule has 0 radical (unpaired) electrons. The molecule has 5 heteroatoms. The Kier molecular flexibility index (Phi) is 3.75. The van der Waals surface area contributed by atoms with Gasteiger partial charge in [-0.25, -0.2) is 4.39 Å². The first-order valence-electron chi connectivity index (χ1n) is 6.31. The second kappa shape index (κ2) is 5.85. The molecule has 0 aliphatic rings. The molecule has 0 saturated heterocycles. The lowest BCUT2D eigenvalue weighted by atomic mass is 10.1. The van der Waals surface area contributed by atoms with Crippen LogP contribution in [0.4, 0.5) is 9.39 Å². The van der Waals surface area contributed by atoms with E-state index in [1.54, 1.807) is 12.1 Å². The molecule has 0 bridgehead atoms. The summed E-state index contributed by atoms with van der Waals surface area (Å²) in [4.78, 5) is 12.0. The molecule has 21 heavy (non-hydrogen) atoms. The van der Waals surface area contributed by atoms with Crippen molar-refractivity contribution < 1.29 is 9.18 Å². The first-order chi connectivity index (χ1) is 10.2. The zero-order valence-corrected chi connectivity index (χ0v) is 11.7. The zero-order chi connectivity index (χ0) is 14.7. The Labute approximate surface area is 125 Å². The van der Waals surface area contributed by atoms with Gasteiger partial charge in [0, 0.05) is 17.2 Å². The molecule has 1 amide bonds. The van der Waals surface area contributed by atoms with Crippen molar-refractivity contribution in [1.82, 2.24) is 4.37 Å². The number of aromatic nitrogens is 1. The van der Waals surface area contributed by atoms with Gasteiger partial charge in [0.15, 0.2) is 0 Å². The maximum absolute atomic E-state index is 13.1. The van der Waals surface area contributed by atoms with Gasteiger partial charge in [0.25, 0.3) is 5.91 Å². The molecule has 0 aliphatic heterocycles. The molecule has 0 unspecified atom stereocenters. The highest BCUT2D eigenvalue weighted by atomic mass is 32.1. The predicted molar refractivity (Wildman–Crippen MR) is 81.9 cm³/mol. The highest BCUT2D eigenvalue weighted by Crippen LogP contribution is 2.25. The topological polar surface area (TPSA) is 42.0 Å². The van der Waals surface area contributed by atoms with E-state index >= 15 is 0 Å². The molecule has 0 saturated carbocycles. The summed E-state index contributed by atoms with van der Waals surface area (Å²) in [6.07, 6.45) is 0. The van der Waals surface area contributed by atoms with E-state index in [0.717, 1.165) is 11.3 Å². The van der Waals surface area contributed by atoms with Crippen molar-refractivity contribution >= 4 is 22.4 Å². The zero-order valence-electron chi connectivity index (χ0n) is 10.9. The molecule has 0 atom stereocenters. The van der Waals surface area contributed by atoms with Crippen molar-refractivity contribution in [2.24, 2.45) is 0 Å². The number of carbonyl (C=O) groups excluding carboxylic acids is 1. The van der Waals surface area contributed by atoms with Crippen LogP contribution < -0.4 is 5.32 Å². The third-order valence-corrected chi connectivity index (χ3v) is 3.61. The molecule has 0 fully saturated rings. The SMILES string of the molecule is O=C(Nc1cc(-c2ccccc2)ns1)c1cccc(F)c1. The predicted octanol–water partition coefficient (Wildman–Crippen LogP) is 4.20. The van der Waals surface area contributed by atoms with Crippen molar-refractivity contribution in [3.63, 3.8) is 0 Å². The number of hydrogen-bond acceptors (Lipinski definition) is 3. The molecule has 2 aromatic carbocycles. The Balaban J connectivity index is 1.77. The number of rotatable bonds is 3. The van der Waals surface area contributed by atoms with Gasteiger partial charge in [0.2, 0.25) is 0 Å². The largest absolute Gasteiger partial charge is 0.312 e. The molecule has 3 aromatic rings. The first-order valence-corrected chi connectivity index (χ1v) is 7.09. The van der Waals surface area contributed by atoms with Crippen molar-refractivity contribution in [3.05, 3.63) is 72.0 Å². The van der Waals surface area contributed by atoms with E-state index in [4.69, 9.17) is 0 Å². The third kappa shape index (κ3) is 3.14. The van der Waals surface area contributed by atoms with Gasteiger partial charge in [-0.1, -0.05) is 36.4 Å². The van der Waals surface area contributed by atoms with Crippen LogP contribution in [0.15, 0.2) is 60.7 Å². The molecule has 0 spiro atoms. The van der Waals surface area contributed by atoms with E-state index < -0.39 is 5.82 Å². The summed E-state index contributed by atoms with van der Waals surface area (Å²) >= 11 is 1.20. The molecule has 1 heterocycles. The van der Waals surface area contributed by atoms with Gasteiger partial charge in [-0.3, -0.25) is 4.79 Å². The molecule has 3 nitrogen and oxygen atoms in total. The summed E-state index contributed by atoms with van der Waals surface area (Å²) in [6.45, 7) is 0. The average Bonchev–Trinajstić information content (AvgIpc) is 2.97. The van der Waals surface area contributed by atoms with Gasteiger partial charge < -0.3 is 5.32 Å². The normalized spacial score (nSPS) is 10.3. The Bertz CT molecular complexity index is 771. The monoisotopic (exact) mass is 298 g/mol. The van der Waals surface area contributed by atoms with Crippen LogP contribution in [0, 0.1) is 5.82 Å².